The quantitative estimate of drug-likeness (QED) is 0.620. The van der Waals surface area contributed by atoms with Crippen LogP contribution in [0.1, 0.15) is 70.3 Å². The van der Waals surface area contributed by atoms with Crippen molar-refractivity contribution in [3.8, 4) is 11.5 Å². The van der Waals surface area contributed by atoms with Gasteiger partial charge in [-0.2, -0.15) is 0 Å². The standard InChI is InChI=1S/C24H38N6O2/c1-6-24(2,3)30-23(25-26-27-30)21(19-12-9-13-20(31-4)22(19)32-5)29-16-14-28(15-17-29)18-10-7-8-11-18/h9,12-13,18,21H,6-8,10-11,14-17H2,1-5H3/t21-/m1/s1. The van der Waals surface area contributed by atoms with Crippen LogP contribution in [0.25, 0.3) is 0 Å². The molecule has 2 aromatic rings. The lowest BCUT2D eigenvalue weighted by Crippen LogP contribution is -2.51. The zero-order valence-electron chi connectivity index (χ0n) is 20.3. The third kappa shape index (κ3) is 4.35. The predicted octanol–water partition coefficient (Wildman–Crippen LogP) is 3.49. The molecular formula is C24H38N6O2. The molecule has 1 aliphatic carbocycles. The van der Waals surface area contributed by atoms with E-state index in [1.807, 2.05) is 16.8 Å². The number of piperazine rings is 1. The van der Waals surface area contributed by atoms with Gasteiger partial charge in [-0.25, -0.2) is 4.68 Å². The van der Waals surface area contributed by atoms with E-state index >= 15 is 0 Å². The van der Waals surface area contributed by atoms with Gasteiger partial charge >= 0.3 is 0 Å². The SMILES string of the molecule is CCC(C)(C)n1nnnc1[C@@H](c1cccc(OC)c1OC)N1CCN(C2CCCC2)CC1. The second-order valence-electron chi connectivity index (χ2n) is 9.61. The van der Waals surface area contributed by atoms with Crippen molar-refractivity contribution in [1.29, 1.82) is 0 Å². The highest BCUT2D eigenvalue weighted by molar-refractivity contribution is 5.49. The Morgan fingerprint density at radius 2 is 1.78 bits per heavy atom. The van der Waals surface area contributed by atoms with Crippen LogP contribution in [0.3, 0.4) is 0 Å². The molecule has 32 heavy (non-hydrogen) atoms. The number of nitrogens with zero attached hydrogens (tertiary/aromatic N) is 6. The molecule has 1 aromatic carbocycles. The fourth-order valence-electron chi connectivity index (χ4n) is 5.20. The zero-order chi connectivity index (χ0) is 22.7. The highest BCUT2D eigenvalue weighted by atomic mass is 16.5. The van der Waals surface area contributed by atoms with Crippen LogP contribution >= 0.6 is 0 Å². The fraction of sp³-hybridized carbons (Fsp3) is 0.708. The monoisotopic (exact) mass is 442 g/mol. The normalized spacial score (nSPS) is 19.9. The van der Waals surface area contributed by atoms with E-state index in [1.54, 1.807) is 14.2 Å². The maximum Gasteiger partial charge on any atom is 0.173 e. The molecule has 0 unspecified atom stereocenters. The molecule has 4 rings (SSSR count). The summed E-state index contributed by atoms with van der Waals surface area (Å²) in [5.74, 6) is 2.34. The lowest BCUT2D eigenvalue weighted by atomic mass is 9.98. The number of ether oxygens (including phenoxy) is 2. The van der Waals surface area contributed by atoms with E-state index in [0.717, 1.165) is 61.5 Å². The molecule has 2 heterocycles. The first-order valence-corrected chi connectivity index (χ1v) is 12.0. The number of para-hydroxylation sites is 1. The average molecular weight is 443 g/mol. The molecule has 8 heteroatoms. The van der Waals surface area contributed by atoms with Crippen LogP contribution in [0.4, 0.5) is 0 Å². The maximum atomic E-state index is 5.85. The van der Waals surface area contributed by atoms with Crippen LogP contribution in [0, 0.1) is 0 Å². The second-order valence-corrected chi connectivity index (χ2v) is 9.61. The first-order valence-electron chi connectivity index (χ1n) is 12.0. The van der Waals surface area contributed by atoms with Gasteiger partial charge in [0.05, 0.1) is 19.8 Å². The molecule has 0 bridgehead atoms. The minimum absolute atomic E-state index is 0.105. The van der Waals surface area contributed by atoms with Gasteiger partial charge in [-0.3, -0.25) is 9.80 Å². The van der Waals surface area contributed by atoms with Gasteiger partial charge in [-0.1, -0.05) is 31.9 Å². The lowest BCUT2D eigenvalue weighted by molar-refractivity contribution is 0.0743. The molecule has 1 atom stereocenters. The van der Waals surface area contributed by atoms with Gasteiger partial charge in [-0.15, -0.1) is 5.10 Å². The second kappa shape index (κ2) is 9.75. The highest BCUT2D eigenvalue weighted by Crippen LogP contribution is 2.41. The molecule has 8 nitrogen and oxygen atoms in total. The van der Waals surface area contributed by atoms with Crippen molar-refractivity contribution >= 4 is 0 Å². The number of aromatic nitrogens is 4. The Kier molecular flexibility index (Phi) is 7.00. The van der Waals surface area contributed by atoms with Crippen molar-refractivity contribution in [1.82, 2.24) is 30.0 Å². The number of tetrazole rings is 1. The number of benzene rings is 1. The van der Waals surface area contributed by atoms with Gasteiger partial charge in [0.2, 0.25) is 0 Å². The highest BCUT2D eigenvalue weighted by Gasteiger charge is 2.37. The third-order valence-corrected chi connectivity index (χ3v) is 7.46. The van der Waals surface area contributed by atoms with Crippen LogP contribution in [0.5, 0.6) is 11.5 Å². The predicted molar refractivity (Wildman–Crippen MR) is 124 cm³/mol. The Balaban J connectivity index is 1.72. The summed E-state index contributed by atoms with van der Waals surface area (Å²) in [6, 6.07) is 6.74. The van der Waals surface area contributed by atoms with E-state index in [2.05, 4.69) is 52.2 Å². The van der Waals surface area contributed by atoms with Crippen molar-refractivity contribution in [3.63, 3.8) is 0 Å². The van der Waals surface area contributed by atoms with E-state index < -0.39 is 0 Å². The van der Waals surface area contributed by atoms with Crippen LogP contribution < -0.4 is 9.47 Å². The molecular weight excluding hydrogens is 404 g/mol. The van der Waals surface area contributed by atoms with Gasteiger partial charge in [0.15, 0.2) is 17.3 Å². The average Bonchev–Trinajstić information content (AvgIpc) is 3.52. The Hall–Kier alpha value is -2.19. The van der Waals surface area contributed by atoms with Crippen molar-refractivity contribution in [2.24, 2.45) is 0 Å². The fourth-order valence-corrected chi connectivity index (χ4v) is 5.20. The van der Waals surface area contributed by atoms with Crippen LogP contribution in [0.15, 0.2) is 18.2 Å². The Bertz CT molecular complexity index is 884. The first-order chi connectivity index (χ1) is 15.5. The van der Waals surface area contributed by atoms with Crippen molar-refractivity contribution in [3.05, 3.63) is 29.6 Å². The molecule has 1 aromatic heterocycles. The van der Waals surface area contributed by atoms with Crippen LogP contribution in [0.2, 0.25) is 0 Å². The summed E-state index contributed by atoms with van der Waals surface area (Å²) >= 11 is 0. The Labute approximate surface area is 191 Å². The van der Waals surface area contributed by atoms with Gasteiger partial charge < -0.3 is 9.47 Å². The van der Waals surface area contributed by atoms with Crippen LogP contribution in [-0.4, -0.2) is 76.4 Å². The topological polar surface area (TPSA) is 68.5 Å². The molecule has 0 N–H and O–H groups in total. The third-order valence-electron chi connectivity index (χ3n) is 7.46. The molecule has 1 saturated carbocycles. The van der Waals surface area contributed by atoms with Gasteiger partial charge in [0, 0.05) is 37.8 Å². The number of hydrogen-bond acceptors (Lipinski definition) is 7. The summed E-state index contributed by atoms with van der Waals surface area (Å²) < 4.78 is 13.5. The minimum atomic E-state index is -0.186. The minimum Gasteiger partial charge on any atom is -0.493 e. The zero-order valence-corrected chi connectivity index (χ0v) is 20.3. The number of methoxy groups -OCH3 is 2. The Morgan fingerprint density at radius 1 is 1.06 bits per heavy atom. The molecule has 2 aliphatic rings. The summed E-state index contributed by atoms with van der Waals surface area (Å²) in [5.41, 5.74) is 0.860. The van der Waals surface area contributed by atoms with E-state index in [0.29, 0.717) is 0 Å². The largest absolute Gasteiger partial charge is 0.493 e. The van der Waals surface area contributed by atoms with E-state index in [1.165, 1.54) is 25.7 Å². The molecule has 1 aliphatic heterocycles. The molecule has 0 amide bonds. The summed E-state index contributed by atoms with van der Waals surface area (Å²) in [4.78, 5) is 5.19. The number of hydrogen-bond donors (Lipinski definition) is 0. The molecule has 1 saturated heterocycles. The molecule has 2 fully saturated rings. The summed E-state index contributed by atoms with van der Waals surface area (Å²) in [5, 5.41) is 13.1. The first kappa shape index (κ1) is 23.0. The van der Waals surface area contributed by atoms with Gasteiger partial charge in [0.1, 0.15) is 6.04 Å². The summed E-state index contributed by atoms with van der Waals surface area (Å²) in [7, 11) is 3.39. The summed E-state index contributed by atoms with van der Waals surface area (Å²) in [6.07, 6.45) is 6.36. The maximum absolute atomic E-state index is 5.85. The van der Waals surface area contributed by atoms with E-state index in [9.17, 15) is 0 Å². The van der Waals surface area contributed by atoms with Crippen molar-refractivity contribution in [2.45, 2.75) is 70.5 Å². The van der Waals surface area contributed by atoms with Gasteiger partial charge in [-0.05, 0) is 49.6 Å². The Morgan fingerprint density at radius 3 is 2.41 bits per heavy atom. The summed E-state index contributed by atoms with van der Waals surface area (Å²) in [6.45, 7) is 10.6. The molecule has 176 valence electrons. The van der Waals surface area contributed by atoms with E-state index in [-0.39, 0.29) is 11.6 Å². The van der Waals surface area contributed by atoms with E-state index in [4.69, 9.17) is 9.47 Å². The van der Waals surface area contributed by atoms with Crippen molar-refractivity contribution < 1.29 is 9.47 Å². The lowest BCUT2D eigenvalue weighted by Gasteiger charge is -2.42. The van der Waals surface area contributed by atoms with Crippen molar-refractivity contribution in [2.75, 3.05) is 40.4 Å². The molecule has 0 radical (unpaired) electrons. The smallest absolute Gasteiger partial charge is 0.173 e. The molecule has 0 spiro atoms. The number of rotatable bonds is 8. The van der Waals surface area contributed by atoms with Gasteiger partial charge in [0.25, 0.3) is 0 Å². The van der Waals surface area contributed by atoms with Crippen LogP contribution in [-0.2, 0) is 5.54 Å².